The molecule has 2 heterocycles. The van der Waals surface area contributed by atoms with Crippen molar-refractivity contribution in [1.29, 1.82) is 0 Å². The van der Waals surface area contributed by atoms with Gasteiger partial charge in [0.25, 0.3) is 0 Å². The Balaban J connectivity index is 1.79. The number of hydrogen-bond donors (Lipinski definition) is 2. The lowest BCUT2D eigenvalue weighted by Gasteiger charge is -2.10. The fraction of sp³-hybridized carbons (Fsp3) is 0.176. The summed E-state index contributed by atoms with van der Waals surface area (Å²) in [6, 6.07) is 9.77. The summed E-state index contributed by atoms with van der Waals surface area (Å²) in [5.41, 5.74) is 4.92. The van der Waals surface area contributed by atoms with Crippen molar-refractivity contribution in [2.45, 2.75) is 20.3 Å². The molecule has 2 N–H and O–H groups in total. The van der Waals surface area contributed by atoms with Crippen LogP contribution >= 0.6 is 0 Å². The molecule has 4 heteroatoms. The highest BCUT2D eigenvalue weighted by Crippen LogP contribution is 2.20. The van der Waals surface area contributed by atoms with E-state index in [1.165, 1.54) is 5.56 Å². The van der Waals surface area contributed by atoms with Crippen LogP contribution in [0.15, 0.2) is 42.7 Å². The van der Waals surface area contributed by atoms with Gasteiger partial charge in [-0.2, -0.15) is 0 Å². The first-order valence-electron chi connectivity index (χ1n) is 6.92. The predicted molar refractivity (Wildman–Crippen MR) is 84.3 cm³/mol. The van der Waals surface area contributed by atoms with Crippen molar-refractivity contribution in [2.24, 2.45) is 0 Å². The number of fused-ring (bicyclic) bond motifs is 1. The molecule has 0 aliphatic rings. The van der Waals surface area contributed by atoms with Crippen molar-refractivity contribution in [3.63, 3.8) is 0 Å². The summed E-state index contributed by atoms with van der Waals surface area (Å²) in [7, 11) is 0. The lowest BCUT2D eigenvalue weighted by atomic mass is 10.1. The van der Waals surface area contributed by atoms with Crippen molar-refractivity contribution in [1.82, 2.24) is 9.97 Å². The molecule has 4 nitrogen and oxygen atoms in total. The molecule has 1 aromatic carbocycles. The van der Waals surface area contributed by atoms with E-state index in [1.807, 2.05) is 50.4 Å². The number of amides is 1. The van der Waals surface area contributed by atoms with E-state index in [1.54, 1.807) is 6.20 Å². The van der Waals surface area contributed by atoms with Gasteiger partial charge < -0.3 is 10.3 Å². The number of aryl methyl sites for hydroxylation is 1. The monoisotopic (exact) mass is 279 g/mol. The van der Waals surface area contributed by atoms with Gasteiger partial charge in [-0.25, -0.2) is 4.98 Å². The van der Waals surface area contributed by atoms with Crippen LogP contribution in [0, 0.1) is 13.8 Å². The number of carbonyl (C=O) groups is 1. The van der Waals surface area contributed by atoms with E-state index in [9.17, 15) is 4.79 Å². The lowest BCUT2D eigenvalue weighted by molar-refractivity contribution is -0.115. The Hall–Kier alpha value is -2.62. The molecule has 0 saturated heterocycles. The van der Waals surface area contributed by atoms with Crippen LogP contribution in [0.2, 0.25) is 0 Å². The quantitative estimate of drug-likeness (QED) is 0.772. The van der Waals surface area contributed by atoms with Crippen molar-refractivity contribution >= 4 is 22.6 Å². The van der Waals surface area contributed by atoms with E-state index in [0.717, 1.165) is 27.8 Å². The molecule has 106 valence electrons. The van der Waals surface area contributed by atoms with Crippen LogP contribution in [0.25, 0.3) is 11.0 Å². The van der Waals surface area contributed by atoms with Crippen LogP contribution in [-0.4, -0.2) is 15.9 Å². The number of benzene rings is 1. The number of nitrogens with one attached hydrogen (secondary N) is 2. The van der Waals surface area contributed by atoms with Crippen LogP contribution < -0.4 is 5.32 Å². The van der Waals surface area contributed by atoms with Gasteiger partial charge >= 0.3 is 0 Å². The Kier molecular flexibility index (Phi) is 3.44. The molecule has 0 aliphatic carbocycles. The Morgan fingerprint density at radius 2 is 2.10 bits per heavy atom. The van der Waals surface area contributed by atoms with Gasteiger partial charge in [-0.1, -0.05) is 12.1 Å². The molecule has 3 aromatic rings. The normalized spacial score (nSPS) is 10.8. The van der Waals surface area contributed by atoms with Gasteiger partial charge in [0, 0.05) is 23.5 Å². The van der Waals surface area contributed by atoms with Crippen molar-refractivity contribution in [3.05, 3.63) is 59.4 Å². The smallest absolute Gasteiger partial charge is 0.228 e. The van der Waals surface area contributed by atoms with Crippen molar-refractivity contribution in [3.8, 4) is 0 Å². The van der Waals surface area contributed by atoms with Crippen molar-refractivity contribution in [2.75, 3.05) is 5.32 Å². The van der Waals surface area contributed by atoms with Crippen LogP contribution in [0.5, 0.6) is 0 Å². The molecule has 2 aromatic heterocycles. The van der Waals surface area contributed by atoms with Crippen LogP contribution in [0.1, 0.15) is 16.7 Å². The van der Waals surface area contributed by atoms with Gasteiger partial charge in [0.15, 0.2) is 0 Å². The molecule has 3 rings (SSSR count). The summed E-state index contributed by atoms with van der Waals surface area (Å²) in [4.78, 5) is 19.6. The first-order valence-corrected chi connectivity index (χ1v) is 6.92. The molecule has 0 spiro atoms. The second kappa shape index (κ2) is 5.40. The highest BCUT2D eigenvalue weighted by atomic mass is 16.1. The highest BCUT2D eigenvalue weighted by Gasteiger charge is 2.10. The zero-order valence-corrected chi connectivity index (χ0v) is 12.1. The van der Waals surface area contributed by atoms with Gasteiger partial charge in [0.2, 0.25) is 5.91 Å². The number of hydrogen-bond acceptors (Lipinski definition) is 2. The molecule has 0 fully saturated rings. The maximum Gasteiger partial charge on any atom is 0.228 e. The van der Waals surface area contributed by atoms with E-state index in [-0.39, 0.29) is 5.91 Å². The molecule has 0 atom stereocenters. The lowest BCUT2D eigenvalue weighted by Crippen LogP contribution is -2.15. The van der Waals surface area contributed by atoms with Crippen LogP contribution in [0.3, 0.4) is 0 Å². The number of pyridine rings is 1. The second-order valence-corrected chi connectivity index (χ2v) is 5.19. The zero-order chi connectivity index (χ0) is 14.8. The number of anilines is 1. The fourth-order valence-electron chi connectivity index (χ4n) is 2.41. The minimum absolute atomic E-state index is 0.0200. The van der Waals surface area contributed by atoms with Gasteiger partial charge in [-0.05, 0) is 48.7 Å². The van der Waals surface area contributed by atoms with E-state index in [4.69, 9.17) is 0 Å². The fourth-order valence-corrected chi connectivity index (χ4v) is 2.41. The average molecular weight is 279 g/mol. The maximum atomic E-state index is 12.2. The molecule has 0 saturated carbocycles. The van der Waals surface area contributed by atoms with Crippen LogP contribution in [0.4, 0.5) is 5.69 Å². The first kappa shape index (κ1) is 13.4. The number of carbonyl (C=O) groups excluding carboxylic acids is 1. The standard InChI is InChI=1S/C17H17N3O/c1-11-5-3-7-15(12(11)2)20-16(21)9-13-10-19-17-14(13)6-4-8-18-17/h3-8,10H,9H2,1-2H3,(H,18,19)(H,20,21). The van der Waals surface area contributed by atoms with E-state index in [0.29, 0.717) is 6.42 Å². The minimum atomic E-state index is -0.0200. The van der Waals surface area contributed by atoms with Gasteiger partial charge in [-0.15, -0.1) is 0 Å². The van der Waals surface area contributed by atoms with Gasteiger partial charge in [0.1, 0.15) is 5.65 Å². The van der Waals surface area contributed by atoms with Gasteiger partial charge in [0.05, 0.1) is 6.42 Å². The molecule has 0 radical (unpaired) electrons. The Labute approximate surface area is 123 Å². The molecule has 0 bridgehead atoms. The summed E-state index contributed by atoms with van der Waals surface area (Å²) in [5, 5.41) is 3.97. The Morgan fingerprint density at radius 3 is 2.95 bits per heavy atom. The largest absolute Gasteiger partial charge is 0.346 e. The van der Waals surface area contributed by atoms with Crippen LogP contribution in [-0.2, 0) is 11.2 Å². The molecule has 0 aliphatic heterocycles. The topological polar surface area (TPSA) is 57.8 Å². The van der Waals surface area contributed by atoms with E-state index >= 15 is 0 Å². The van der Waals surface area contributed by atoms with E-state index in [2.05, 4.69) is 15.3 Å². The van der Waals surface area contributed by atoms with E-state index < -0.39 is 0 Å². The maximum absolute atomic E-state index is 12.2. The molecule has 21 heavy (non-hydrogen) atoms. The third-order valence-corrected chi connectivity index (χ3v) is 3.77. The Bertz CT molecular complexity index is 805. The summed E-state index contributed by atoms with van der Waals surface area (Å²) in [6.07, 6.45) is 3.91. The number of aromatic nitrogens is 2. The number of aromatic amines is 1. The first-order chi connectivity index (χ1) is 10.1. The average Bonchev–Trinajstić information content (AvgIpc) is 2.87. The zero-order valence-electron chi connectivity index (χ0n) is 12.1. The summed E-state index contributed by atoms with van der Waals surface area (Å²) < 4.78 is 0. The third-order valence-electron chi connectivity index (χ3n) is 3.77. The van der Waals surface area contributed by atoms with Crippen molar-refractivity contribution < 1.29 is 4.79 Å². The summed E-state index contributed by atoms with van der Waals surface area (Å²) >= 11 is 0. The molecular weight excluding hydrogens is 262 g/mol. The minimum Gasteiger partial charge on any atom is -0.346 e. The highest BCUT2D eigenvalue weighted by molar-refractivity contribution is 5.95. The molecular formula is C17H17N3O. The van der Waals surface area contributed by atoms with Gasteiger partial charge in [-0.3, -0.25) is 4.79 Å². The SMILES string of the molecule is Cc1cccc(NC(=O)Cc2c[nH]c3ncccc23)c1C. The third kappa shape index (κ3) is 2.65. The number of nitrogens with zero attached hydrogens (tertiary/aromatic N) is 1. The molecule has 1 amide bonds. The summed E-state index contributed by atoms with van der Waals surface area (Å²) in [6.45, 7) is 4.05. The number of H-pyrrole nitrogens is 1. The Morgan fingerprint density at radius 1 is 1.24 bits per heavy atom. The molecule has 0 unspecified atom stereocenters. The summed E-state index contributed by atoms with van der Waals surface area (Å²) in [5.74, 6) is -0.0200. The predicted octanol–water partition coefficient (Wildman–Crippen LogP) is 3.36. The second-order valence-electron chi connectivity index (χ2n) is 5.19. The number of rotatable bonds is 3.